The van der Waals surface area contributed by atoms with Crippen LogP contribution in [0.5, 0.6) is 0 Å². The molecule has 9 rings (SSSR count). The Morgan fingerprint density at radius 2 is 1.12 bits per heavy atom. The van der Waals surface area contributed by atoms with Crippen LogP contribution in [0.15, 0.2) is 150 Å². The Hall–Kier alpha value is -5.94. The highest BCUT2D eigenvalue weighted by molar-refractivity contribution is 6.12. The Kier molecular flexibility index (Phi) is 4.98. The molecule has 0 spiro atoms. The van der Waals surface area contributed by atoms with E-state index >= 15 is 0 Å². The van der Waals surface area contributed by atoms with E-state index in [1.54, 1.807) is 8.97 Å². The Bertz CT molecular complexity index is 2570. The zero-order valence-corrected chi connectivity index (χ0v) is 23.1. The van der Waals surface area contributed by atoms with Crippen LogP contribution >= 0.6 is 0 Å². The molecule has 3 heterocycles. The lowest BCUT2D eigenvalue weighted by atomic mass is 9.99. The zero-order valence-electron chi connectivity index (χ0n) is 23.1. The molecule has 0 aliphatic carbocycles. The van der Waals surface area contributed by atoms with Gasteiger partial charge < -0.3 is 4.57 Å². The van der Waals surface area contributed by atoms with E-state index in [-0.39, 0.29) is 5.69 Å². The molecule has 0 atom stereocenters. The number of para-hydroxylation sites is 5. The van der Waals surface area contributed by atoms with Gasteiger partial charge in [0.15, 0.2) is 5.65 Å². The van der Waals surface area contributed by atoms with Gasteiger partial charge in [0.05, 0.1) is 38.7 Å². The minimum absolute atomic E-state index is 0.138. The van der Waals surface area contributed by atoms with E-state index in [1.807, 2.05) is 72.8 Å². The van der Waals surface area contributed by atoms with Gasteiger partial charge in [-0.05, 0) is 71.8 Å². The second-order valence-electron chi connectivity index (χ2n) is 10.8. The van der Waals surface area contributed by atoms with Crippen molar-refractivity contribution in [2.24, 2.45) is 0 Å². The molecular weight excluding hydrogens is 528 g/mol. The maximum absolute atomic E-state index is 14.2. The van der Waals surface area contributed by atoms with Crippen molar-refractivity contribution in [1.82, 2.24) is 18.5 Å². The third-order valence-electron chi connectivity index (χ3n) is 8.46. The fourth-order valence-electron chi connectivity index (χ4n) is 6.61. The summed E-state index contributed by atoms with van der Waals surface area (Å²) in [4.78, 5) is 19.2. The molecule has 0 saturated carbocycles. The molecule has 0 aliphatic rings. The van der Waals surface area contributed by atoms with E-state index < -0.39 is 0 Å². The number of imidazole rings is 1. The van der Waals surface area contributed by atoms with Crippen LogP contribution in [0.3, 0.4) is 0 Å². The first kappa shape index (κ1) is 23.7. The van der Waals surface area contributed by atoms with Gasteiger partial charge in [-0.3, -0.25) is 4.57 Å². The van der Waals surface area contributed by atoms with Crippen LogP contribution in [-0.2, 0) is 0 Å². The Labute approximate surface area is 246 Å². The maximum Gasteiger partial charge on any atom is 0.339 e. The first-order valence-corrected chi connectivity index (χ1v) is 14.4. The average molecular weight is 553 g/mol. The number of fused-ring (bicyclic) bond motifs is 8. The lowest BCUT2D eigenvalue weighted by Gasteiger charge is -2.15. The average Bonchev–Trinajstić information content (AvgIpc) is 3.62. The number of hydrogen-bond donors (Lipinski definition) is 0. The standard InChI is InChI=1S/C38H24N4O/c43-38-41(27-14-5-2-6-15-27)35-21-11-17-28(36(35)37-39-31-18-8-10-20-34(31)42(37)38)25-22-23-33-30(24-25)29-16-7-9-19-32(29)40(33)26-12-3-1-4-13-26/h1-24H. The highest BCUT2D eigenvalue weighted by atomic mass is 16.1. The van der Waals surface area contributed by atoms with Crippen molar-refractivity contribution < 1.29 is 0 Å². The van der Waals surface area contributed by atoms with Crippen molar-refractivity contribution in [3.8, 4) is 22.5 Å². The zero-order chi connectivity index (χ0) is 28.5. The minimum atomic E-state index is -0.138. The predicted octanol–water partition coefficient (Wildman–Crippen LogP) is 8.56. The van der Waals surface area contributed by atoms with Gasteiger partial charge in [0.2, 0.25) is 0 Å². The molecule has 43 heavy (non-hydrogen) atoms. The predicted molar refractivity (Wildman–Crippen MR) is 176 cm³/mol. The second kappa shape index (κ2) is 9.03. The molecule has 3 aromatic heterocycles. The van der Waals surface area contributed by atoms with Crippen LogP contribution < -0.4 is 5.69 Å². The second-order valence-corrected chi connectivity index (χ2v) is 10.8. The summed E-state index contributed by atoms with van der Waals surface area (Å²) >= 11 is 0. The fraction of sp³-hybridized carbons (Fsp3) is 0. The van der Waals surface area contributed by atoms with Gasteiger partial charge in [-0.15, -0.1) is 0 Å². The molecule has 0 fully saturated rings. The number of hydrogen-bond acceptors (Lipinski definition) is 2. The smallest absolute Gasteiger partial charge is 0.309 e. The van der Waals surface area contributed by atoms with Crippen LogP contribution in [0, 0.1) is 0 Å². The first-order chi connectivity index (χ1) is 21.3. The van der Waals surface area contributed by atoms with E-state index in [0.29, 0.717) is 5.65 Å². The van der Waals surface area contributed by atoms with Crippen molar-refractivity contribution >= 4 is 49.4 Å². The van der Waals surface area contributed by atoms with Crippen LogP contribution in [0.1, 0.15) is 0 Å². The molecule has 5 nitrogen and oxygen atoms in total. The summed E-state index contributed by atoms with van der Waals surface area (Å²) in [5.74, 6) is 0. The summed E-state index contributed by atoms with van der Waals surface area (Å²) in [6, 6.07) is 49.6. The summed E-state index contributed by atoms with van der Waals surface area (Å²) in [7, 11) is 0. The largest absolute Gasteiger partial charge is 0.339 e. The van der Waals surface area contributed by atoms with Gasteiger partial charge in [-0.2, -0.15) is 0 Å². The first-order valence-electron chi connectivity index (χ1n) is 14.4. The van der Waals surface area contributed by atoms with Gasteiger partial charge in [0, 0.05) is 16.5 Å². The van der Waals surface area contributed by atoms with Gasteiger partial charge in [0.1, 0.15) is 0 Å². The normalized spacial score (nSPS) is 11.8. The van der Waals surface area contributed by atoms with E-state index in [4.69, 9.17) is 4.98 Å². The van der Waals surface area contributed by atoms with Crippen molar-refractivity contribution in [2.45, 2.75) is 0 Å². The molecule has 0 saturated heterocycles. The minimum Gasteiger partial charge on any atom is -0.309 e. The molecule has 6 aromatic carbocycles. The van der Waals surface area contributed by atoms with Crippen molar-refractivity contribution in [3.63, 3.8) is 0 Å². The quantitative estimate of drug-likeness (QED) is 0.220. The molecule has 0 unspecified atom stereocenters. The van der Waals surface area contributed by atoms with Gasteiger partial charge in [0.25, 0.3) is 0 Å². The lowest BCUT2D eigenvalue weighted by Crippen LogP contribution is -2.26. The third-order valence-corrected chi connectivity index (χ3v) is 8.46. The van der Waals surface area contributed by atoms with Crippen molar-refractivity contribution in [3.05, 3.63) is 156 Å². The summed E-state index contributed by atoms with van der Waals surface area (Å²) in [6.07, 6.45) is 0. The lowest BCUT2D eigenvalue weighted by molar-refractivity contribution is 0.932. The van der Waals surface area contributed by atoms with E-state index in [0.717, 1.165) is 50.0 Å². The molecular formula is C38H24N4O. The summed E-state index contributed by atoms with van der Waals surface area (Å²) < 4.78 is 5.89. The van der Waals surface area contributed by atoms with E-state index in [2.05, 4.69) is 77.4 Å². The van der Waals surface area contributed by atoms with Crippen LogP contribution in [0.25, 0.3) is 71.9 Å². The highest BCUT2D eigenvalue weighted by Crippen LogP contribution is 2.38. The summed E-state index contributed by atoms with van der Waals surface area (Å²) in [5, 5.41) is 3.31. The molecule has 0 aliphatic heterocycles. The molecule has 0 bridgehead atoms. The molecule has 9 aromatic rings. The molecule has 0 N–H and O–H groups in total. The number of nitrogens with zero attached hydrogens (tertiary/aromatic N) is 4. The Morgan fingerprint density at radius 1 is 0.488 bits per heavy atom. The summed E-state index contributed by atoms with van der Waals surface area (Å²) in [6.45, 7) is 0. The SMILES string of the molecule is O=c1n(-c2ccccc2)c2cccc(-c3ccc4c(c3)c3ccccc3n4-c3ccccc3)c2c2nc3ccccc3n12. The van der Waals surface area contributed by atoms with E-state index in [1.165, 1.54) is 16.3 Å². The number of rotatable bonds is 3. The topological polar surface area (TPSA) is 44.2 Å². The van der Waals surface area contributed by atoms with Crippen LogP contribution in [0.2, 0.25) is 0 Å². The molecule has 5 heteroatoms. The Morgan fingerprint density at radius 3 is 1.91 bits per heavy atom. The van der Waals surface area contributed by atoms with Gasteiger partial charge >= 0.3 is 5.69 Å². The van der Waals surface area contributed by atoms with E-state index in [9.17, 15) is 4.79 Å². The monoisotopic (exact) mass is 552 g/mol. The maximum atomic E-state index is 14.2. The van der Waals surface area contributed by atoms with Crippen LogP contribution in [-0.4, -0.2) is 18.5 Å². The highest BCUT2D eigenvalue weighted by Gasteiger charge is 2.20. The van der Waals surface area contributed by atoms with Crippen molar-refractivity contribution in [1.29, 1.82) is 0 Å². The van der Waals surface area contributed by atoms with Crippen LogP contribution in [0.4, 0.5) is 0 Å². The number of aromatic nitrogens is 4. The van der Waals surface area contributed by atoms with Gasteiger partial charge in [-0.1, -0.05) is 84.9 Å². The third kappa shape index (κ3) is 3.39. The van der Waals surface area contributed by atoms with Gasteiger partial charge in [-0.25, -0.2) is 14.2 Å². The molecule has 0 radical (unpaired) electrons. The van der Waals surface area contributed by atoms with Crippen molar-refractivity contribution in [2.75, 3.05) is 0 Å². The number of benzene rings is 6. The fourth-order valence-corrected chi connectivity index (χ4v) is 6.61. The molecule has 202 valence electrons. The molecule has 0 amide bonds. The Balaban J connectivity index is 1.41. The summed E-state index contributed by atoms with van der Waals surface area (Å²) in [5.41, 5.74) is 9.29.